The number of aryl methyl sites for hydroxylation is 1. The van der Waals surface area contributed by atoms with Crippen molar-refractivity contribution in [2.45, 2.75) is 32.7 Å². The molecule has 19 heavy (non-hydrogen) atoms. The first-order valence-electron chi connectivity index (χ1n) is 6.52. The highest BCUT2D eigenvalue weighted by molar-refractivity contribution is 9.10. The van der Waals surface area contributed by atoms with Crippen LogP contribution in [-0.4, -0.2) is 17.6 Å². The van der Waals surface area contributed by atoms with Crippen molar-refractivity contribution in [1.82, 2.24) is 10.3 Å². The summed E-state index contributed by atoms with van der Waals surface area (Å²) in [5.74, 6) is 0. The van der Waals surface area contributed by atoms with E-state index in [2.05, 4.69) is 69.7 Å². The van der Waals surface area contributed by atoms with Gasteiger partial charge in [-0.25, -0.2) is 4.98 Å². The zero-order chi connectivity index (χ0) is 13.7. The number of nitrogens with one attached hydrogen (secondary N) is 1. The van der Waals surface area contributed by atoms with Gasteiger partial charge in [-0.15, -0.1) is 11.3 Å². The maximum absolute atomic E-state index is 4.47. The lowest BCUT2D eigenvalue weighted by Gasteiger charge is -2.13. The molecule has 0 bridgehead atoms. The summed E-state index contributed by atoms with van der Waals surface area (Å²) in [5.41, 5.74) is 2.57. The fourth-order valence-electron chi connectivity index (χ4n) is 2.02. The molecule has 102 valence electrons. The van der Waals surface area contributed by atoms with Crippen molar-refractivity contribution >= 4 is 27.3 Å². The van der Waals surface area contributed by atoms with Gasteiger partial charge in [0.15, 0.2) is 0 Å². The first-order valence-corrected chi connectivity index (χ1v) is 8.19. The van der Waals surface area contributed by atoms with Crippen LogP contribution in [0.2, 0.25) is 0 Å². The van der Waals surface area contributed by atoms with Gasteiger partial charge in [-0.2, -0.15) is 0 Å². The van der Waals surface area contributed by atoms with Crippen molar-refractivity contribution in [3.05, 3.63) is 50.4 Å². The highest BCUT2D eigenvalue weighted by atomic mass is 79.9. The van der Waals surface area contributed by atoms with Gasteiger partial charge in [0.25, 0.3) is 0 Å². The maximum atomic E-state index is 4.47. The molecule has 0 aliphatic rings. The van der Waals surface area contributed by atoms with E-state index >= 15 is 0 Å². The molecule has 0 fully saturated rings. The third-order valence-corrected chi connectivity index (χ3v) is 4.35. The lowest BCUT2D eigenvalue weighted by molar-refractivity contribution is 0.546. The van der Waals surface area contributed by atoms with E-state index in [1.54, 1.807) is 11.3 Å². The van der Waals surface area contributed by atoms with Crippen molar-refractivity contribution in [2.75, 3.05) is 6.54 Å². The minimum atomic E-state index is 0.487. The summed E-state index contributed by atoms with van der Waals surface area (Å²) in [6.07, 6.45) is 2.07. The molecule has 0 spiro atoms. The van der Waals surface area contributed by atoms with Gasteiger partial charge in [-0.3, -0.25) is 0 Å². The summed E-state index contributed by atoms with van der Waals surface area (Å²) >= 11 is 5.18. The van der Waals surface area contributed by atoms with E-state index in [9.17, 15) is 0 Å². The maximum Gasteiger partial charge on any atom is 0.0897 e. The summed E-state index contributed by atoms with van der Waals surface area (Å²) < 4.78 is 1.13. The molecule has 4 heteroatoms. The topological polar surface area (TPSA) is 24.9 Å². The molecule has 1 atom stereocenters. The molecule has 2 rings (SSSR count). The molecular formula is C15H19BrN2S. The normalized spacial score (nSPS) is 12.6. The van der Waals surface area contributed by atoms with E-state index < -0.39 is 0 Å². The van der Waals surface area contributed by atoms with Crippen LogP contribution in [0.4, 0.5) is 0 Å². The molecule has 2 nitrogen and oxygen atoms in total. The Bertz CT molecular complexity index is 507. The fourth-order valence-corrected chi connectivity index (χ4v) is 2.93. The molecule has 2 aromatic rings. The second kappa shape index (κ2) is 7.17. The van der Waals surface area contributed by atoms with Crippen LogP contribution in [0.15, 0.2) is 34.1 Å². The molecule has 1 N–H and O–H groups in total. The lowest BCUT2D eigenvalue weighted by atomic mass is 10.1. The Morgan fingerprint density at radius 3 is 2.68 bits per heavy atom. The number of halogens is 1. The fraction of sp³-hybridized carbons (Fsp3) is 0.400. The van der Waals surface area contributed by atoms with Crippen LogP contribution in [0.1, 0.15) is 23.2 Å². The highest BCUT2D eigenvalue weighted by Crippen LogP contribution is 2.12. The average Bonchev–Trinajstić information content (AvgIpc) is 2.78. The van der Waals surface area contributed by atoms with Crippen LogP contribution in [0.5, 0.6) is 0 Å². The summed E-state index contributed by atoms with van der Waals surface area (Å²) in [7, 11) is 0. The van der Waals surface area contributed by atoms with Gasteiger partial charge in [-0.05, 0) is 38.0 Å². The Hall–Kier alpha value is -0.710. The monoisotopic (exact) mass is 338 g/mol. The number of nitrogens with zero attached hydrogens (tertiary/aromatic N) is 1. The van der Waals surface area contributed by atoms with Crippen molar-refractivity contribution in [3.63, 3.8) is 0 Å². The smallest absolute Gasteiger partial charge is 0.0897 e. The van der Waals surface area contributed by atoms with Crippen molar-refractivity contribution in [1.29, 1.82) is 0 Å². The minimum absolute atomic E-state index is 0.487. The largest absolute Gasteiger partial charge is 0.314 e. The van der Waals surface area contributed by atoms with Crippen molar-refractivity contribution < 1.29 is 0 Å². The molecule has 0 amide bonds. The molecule has 0 saturated carbocycles. The van der Waals surface area contributed by atoms with E-state index in [0.717, 1.165) is 28.9 Å². The van der Waals surface area contributed by atoms with Gasteiger partial charge in [0.05, 0.1) is 10.7 Å². The SMILES string of the molecule is Cc1nc(CCNC(C)Cc2ccc(Br)cc2)cs1. The van der Waals surface area contributed by atoms with Gasteiger partial charge < -0.3 is 5.32 Å². The molecular weight excluding hydrogens is 320 g/mol. The third-order valence-electron chi connectivity index (χ3n) is 3.00. The average molecular weight is 339 g/mol. The first-order chi connectivity index (χ1) is 9.13. The van der Waals surface area contributed by atoms with Gasteiger partial charge in [-0.1, -0.05) is 28.1 Å². The van der Waals surface area contributed by atoms with E-state index in [4.69, 9.17) is 0 Å². The first kappa shape index (κ1) is 14.7. The molecule has 0 radical (unpaired) electrons. The van der Waals surface area contributed by atoms with Crippen LogP contribution in [0, 0.1) is 6.92 Å². The standard InChI is InChI=1S/C15H19BrN2S/c1-11(9-13-3-5-14(16)6-4-13)17-8-7-15-10-19-12(2)18-15/h3-6,10-11,17H,7-9H2,1-2H3. The van der Waals surface area contributed by atoms with E-state index in [1.807, 2.05) is 0 Å². The van der Waals surface area contributed by atoms with E-state index in [0.29, 0.717) is 6.04 Å². The predicted octanol–water partition coefficient (Wildman–Crippen LogP) is 3.98. The summed E-state index contributed by atoms with van der Waals surface area (Å²) in [6, 6.07) is 9.03. The predicted molar refractivity (Wildman–Crippen MR) is 85.9 cm³/mol. The Morgan fingerprint density at radius 1 is 1.32 bits per heavy atom. The van der Waals surface area contributed by atoms with Crippen molar-refractivity contribution in [3.8, 4) is 0 Å². The molecule has 1 unspecified atom stereocenters. The van der Waals surface area contributed by atoms with E-state index in [-0.39, 0.29) is 0 Å². The molecule has 0 aliphatic carbocycles. The Balaban J connectivity index is 1.72. The van der Waals surface area contributed by atoms with Crippen LogP contribution >= 0.6 is 27.3 Å². The number of hydrogen-bond acceptors (Lipinski definition) is 3. The molecule has 0 aliphatic heterocycles. The van der Waals surface area contributed by atoms with Gasteiger partial charge >= 0.3 is 0 Å². The second-order valence-electron chi connectivity index (χ2n) is 4.79. The van der Waals surface area contributed by atoms with Gasteiger partial charge in [0.1, 0.15) is 0 Å². The summed E-state index contributed by atoms with van der Waals surface area (Å²) in [6.45, 7) is 5.27. The Morgan fingerprint density at radius 2 is 2.05 bits per heavy atom. The van der Waals surface area contributed by atoms with Crippen LogP contribution in [-0.2, 0) is 12.8 Å². The van der Waals surface area contributed by atoms with E-state index in [1.165, 1.54) is 11.3 Å². The van der Waals surface area contributed by atoms with Crippen molar-refractivity contribution in [2.24, 2.45) is 0 Å². The third kappa shape index (κ3) is 5.05. The number of benzene rings is 1. The highest BCUT2D eigenvalue weighted by Gasteiger charge is 2.04. The molecule has 1 aromatic carbocycles. The van der Waals surface area contributed by atoms with Gasteiger partial charge in [0.2, 0.25) is 0 Å². The summed E-state index contributed by atoms with van der Waals surface area (Å²) in [4.78, 5) is 4.47. The zero-order valence-corrected chi connectivity index (χ0v) is 13.7. The molecule has 1 heterocycles. The van der Waals surface area contributed by atoms with Gasteiger partial charge in [0, 0.05) is 28.9 Å². The number of hydrogen-bond donors (Lipinski definition) is 1. The van der Waals surface area contributed by atoms with Crippen LogP contribution in [0.25, 0.3) is 0 Å². The Labute approximate surface area is 127 Å². The molecule has 0 saturated heterocycles. The number of thiazole rings is 1. The van der Waals surface area contributed by atoms with Crippen LogP contribution in [0.3, 0.4) is 0 Å². The lowest BCUT2D eigenvalue weighted by Crippen LogP contribution is -2.30. The van der Waals surface area contributed by atoms with Crippen LogP contribution < -0.4 is 5.32 Å². The quantitative estimate of drug-likeness (QED) is 0.861. The number of rotatable bonds is 6. The Kier molecular flexibility index (Phi) is 5.55. The second-order valence-corrected chi connectivity index (χ2v) is 6.77. The number of aromatic nitrogens is 1. The molecule has 1 aromatic heterocycles. The summed E-state index contributed by atoms with van der Waals surface area (Å²) in [5, 5.41) is 6.86. The minimum Gasteiger partial charge on any atom is -0.314 e. The zero-order valence-electron chi connectivity index (χ0n) is 11.3.